The van der Waals surface area contributed by atoms with Crippen LogP contribution in [0.5, 0.6) is 17.2 Å². The Bertz CT molecular complexity index is 688. The van der Waals surface area contributed by atoms with Crippen LogP contribution in [0, 0.1) is 5.82 Å². The summed E-state index contributed by atoms with van der Waals surface area (Å²) in [6.45, 7) is 0.143. The van der Waals surface area contributed by atoms with Crippen LogP contribution in [0.1, 0.15) is 11.1 Å². The molecule has 2 aromatic rings. The van der Waals surface area contributed by atoms with Gasteiger partial charge in [-0.1, -0.05) is 11.2 Å². The fourth-order valence-electron chi connectivity index (χ4n) is 1.95. The van der Waals surface area contributed by atoms with Gasteiger partial charge in [0, 0.05) is 5.56 Å². The molecule has 0 spiro atoms. The van der Waals surface area contributed by atoms with Crippen molar-refractivity contribution in [2.24, 2.45) is 5.16 Å². The second kappa shape index (κ2) is 8.03. The third-order valence-corrected chi connectivity index (χ3v) is 3.15. The summed E-state index contributed by atoms with van der Waals surface area (Å²) in [4.78, 5) is 5.19. The Balaban J connectivity index is 2.00. The molecule has 0 amide bonds. The standard InChI is InChI=1S/C17H18FNO4/c1-20-14-5-7-16(21-2)13(9-14)10-19-23-11-12-4-6-17(22-3)15(18)8-12/h4-10H,11H2,1-3H3/b19-10+. The molecule has 6 heteroatoms. The molecule has 0 radical (unpaired) electrons. The van der Waals surface area contributed by atoms with Crippen molar-refractivity contribution in [2.75, 3.05) is 21.3 Å². The zero-order valence-corrected chi connectivity index (χ0v) is 13.2. The first-order valence-corrected chi connectivity index (χ1v) is 6.87. The Labute approximate surface area is 134 Å². The minimum absolute atomic E-state index is 0.143. The Morgan fingerprint density at radius 1 is 0.957 bits per heavy atom. The number of halogens is 1. The summed E-state index contributed by atoms with van der Waals surface area (Å²) in [5.74, 6) is 1.09. The fraction of sp³-hybridized carbons (Fsp3) is 0.235. The summed E-state index contributed by atoms with van der Waals surface area (Å²) < 4.78 is 28.8. The summed E-state index contributed by atoms with van der Waals surface area (Å²) >= 11 is 0. The molecule has 2 rings (SSSR count). The lowest BCUT2D eigenvalue weighted by molar-refractivity contribution is 0.132. The Kier molecular flexibility index (Phi) is 5.80. The zero-order valence-electron chi connectivity index (χ0n) is 13.2. The molecule has 0 N–H and O–H groups in total. The predicted molar refractivity (Wildman–Crippen MR) is 84.9 cm³/mol. The third kappa shape index (κ3) is 4.35. The normalized spacial score (nSPS) is 10.6. The lowest BCUT2D eigenvalue weighted by Gasteiger charge is -2.07. The molecule has 0 unspecified atom stereocenters. The van der Waals surface area contributed by atoms with Gasteiger partial charge >= 0.3 is 0 Å². The van der Waals surface area contributed by atoms with Gasteiger partial charge in [0.25, 0.3) is 0 Å². The Morgan fingerprint density at radius 3 is 2.35 bits per heavy atom. The van der Waals surface area contributed by atoms with Gasteiger partial charge in [0.1, 0.15) is 18.1 Å². The van der Waals surface area contributed by atoms with Crippen LogP contribution < -0.4 is 14.2 Å². The van der Waals surface area contributed by atoms with Gasteiger partial charge < -0.3 is 19.0 Å². The highest BCUT2D eigenvalue weighted by Crippen LogP contribution is 2.22. The molecule has 0 aromatic heterocycles. The molecule has 23 heavy (non-hydrogen) atoms. The van der Waals surface area contributed by atoms with Gasteiger partial charge in [-0.2, -0.15) is 0 Å². The maximum atomic E-state index is 13.6. The van der Waals surface area contributed by atoms with Gasteiger partial charge in [-0.3, -0.25) is 0 Å². The smallest absolute Gasteiger partial charge is 0.165 e. The lowest BCUT2D eigenvalue weighted by Crippen LogP contribution is -1.94. The van der Waals surface area contributed by atoms with Crippen LogP contribution in [0.25, 0.3) is 0 Å². The first-order valence-electron chi connectivity index (χ1n) is 6.87. The molecule has 5 nitrogen and oxygen atoms in total. The SMILES string of the molecule is COc1ccc(OC)c(/C=N/OCc2ccc(OC)c(F)c2)c1. The van der Waals surface area contributed by atoms with E-state index in [1.807, 2.05) is 0 Å². The number of oxime groups is 1. The summed E-state index contributed by atoms with van der Waals surface area (Å²) in [7, 11) is 4.57. The fourth-order valence-corrected chi connectivity index (χ4v) is 1.95. The molecule has 0 bridgehead atoms. The molecular weight excluding hydrogens is 301 g/mol. The van der Waals surface area contributed by atoms with Crippen molar-refractivity contribution in [3.63, 3.8) is 0 Å². The first-order chi connectivity index (χ1) is 11.2. The molecule has 0 aliphatic rings. The van der Waals surface area contributed by atoms with Crippen molar-refractivity contribution in [2.45, 2.75) is 6.61 Å². The number of rotatable bonds is 7. The van der Waals surface area contributed by atoms with Crippen LogP contribution in [0.2, 0.25) is 0 Å². The second-order valence-corrected chi connectivity index (χ2v) is 4.58. The molecule has 0 aliphatic carbocycles. The number of benzene rings is 2. The number of hydrogen-bond donors (Lipinski definition) is 0. The molecule has 0 fully saturated rings. The molecule has 122 valence electrons. The number of hydrogen-bond acceptors (Lipinski definition) is 5. The van der Waals surface area contributed by atoms with E-state index in [1.54, 1.807) is 44.6 Å². The third-order valence-electron chi connectivity index (χ3n) is 3.15. The molecule has 0 heterocycles. The van der Waals surface area contributed by atoms with Crippen LogP contribution in [-0.4, -0.2) is 27.5 Å². The average Bonchev–Trinajstić information content (AvgIpc) is 2.58. The van der Waals surface area contributed by atoms with E-state index in [4.69, 9.17) is 19.0 Å². The minimum Gasteiger partial charge on any atom is -0.497 e. The van der Waals surface area contributed by atoms with Gasteiger partial charge in [0.2, 0.25) is 0 Å². The summed E-state index contributed by atoms with van der Waals surface area (Å²) in [6.07, 6.45) is 1.52. The molecule has 0 atom stereocenters. The van der Waals surface area contributed by atoms with Crippen molar-refractivity contribution in [3.8, 4) is 17.2 Å². The van der Waals surface area contributed by atoms with E-state index in [1.165, 1.54) is 19.4 Å². The summed E-state index contributed by atoms with van der Waals surface area (Å²) in [5.41, 5.74) is 1.37. The second-order valence-electron chi connectivity index (χ2n) is 4.58. The van der Waals surface area contributed by atoms with Gasteiger partial charge in [-0.25, -0.2) is 4.39 Å². The van der Waals surface area contributed by atoms with E-state index in [-0.39, 0.29) is 12.4 Å². The quantitative estimate of drug-likeness (QED) is 0.580. The highest BCUT2D eigenvalue weighted by molar-refractivity contribution is 5.83. The maximum Gasteiger partial charge on any atom is 0.165 e. The molecule has 0 saturated carbocycles. The van der Waals surface area contributed by atoms with Crippen LogP contribution in [0.4, 0.5) is 4.39 Å². The predicted octanol–water partition coefficient (Wildman–Crippen LogP) is 3.40. The van der Waals surface area contributed by atoms with Gasteiger partial charge in [0.15, 0.2) is 11.6 Å². The van der Waals surface area contributed by atoms with Crippen LogP contribution in [0.3, 0.4) is 0 Å². The summed E-state index contributed by atoms with van der Waals surface area (Å²) in [6, 6.07) is 9.95. The van der Waals surface area contributed by atoms with E-state index in [9.17, 15) is 4.39 Å². The minimum atomic E-state index is -0.438. The zero-order chi connectivity index (χ0) is 16.7. The summed E-state index contributed by atoms with van der Waals surface area (Å²) in [5, 5.41) is 3.88. The van der Waals surface area contributed by atoms with Crippen molar-refractivity contribution in [1.82, 2.24) is 0 Å². The Morgan fingerprint density at radius 2 is 1.70 bits per heavy atom. The van der Waals surface area contributed by atoms with Crippen molar-refractivity contribution in [3.05, 3.63) is 53.3 Å². The highest BCUT2D eigenvalue weighted by Gasteiger charge is 2.04. The van der Waals surface area contributed by atoms with Gasteiger partial charge in [-0.05, 0) is 35.9 Å². The average molecular weight is 319 g/mol. The van der Waals surface area contributed by atoms with Crippen molar-refractivity contribution >= 4 is 6.21 Å². The number of nitrogens with zero attached hydrogens (tertiary/aromatic N) is 1. The van der Waals surface area contributed by atoms with Crippen molar-refractivity contribution in [1.29, 1.82) is 0 Å². The number of ether oxygens (including phenoxy) is 3. The van der Waals surface area contributed by atoms with Crippen molar-refractivity contribution < 1.29 is 23.4 Å². The van der Waals surface area contributed by atoms with E-state index in [2.05, 4.69) is 5.16 Å². The van der Waals surface area contributed by atoms with E-state index in [0.29, 0.717) is 22.6 Å². The molecule has 0 aliphatic heterocycles. The van der Waals surface area contributed by atoms with Crippen LogP contribution in [-0.2, 0) is 11.4 Å². The first kappa shape index (κ1) is 16.6. The lowest BCUT2D eigenvalue weighted by atomic mass is 10.2. The topological polar surface area (TPSA) is 49.3 Å². The maximum absolute atomic E-state index is 13.6. The molecule has 0 saturated heterocycles. The number of methoxy groups -OCH3 is 3. The van der Waals surface area contributed by atoms with Gasteiger partial charge in [0.05, 0.1) is 27.5 Å². The molecular formula is C17H18FNO4. The Hall–Kier alpha value is -2.76. The van der Waals surface area contributed by atoms with Crippen LogP contribution >= 0.6 is 0 Å². The monoisotopic (exact) mass is 319 g/mol. The van der Waals surface area contributed by atoms with E-state index >= 15 is 0 Å². The van der Waals surface area contributed by atoms with Crippen LogP contribution in [0.15, 0.2) is 41.6 Å². The largest absolute Gasteiger partial charge is 0.497 e. The van der Waals surface area contributed by atoms with E-state index in [0.717, 1.165) is 0 Å². The molecule has 2 aromatic carbocycles. The van der Waals surface area contributed by atoms with Gasteiger partial charge in [-0.15, -0.1) is 0 Å². The van der Waals surface area contributed by atoms with E-state index < -0.39 is 5.82 Å². The highest BCUT2D eigenvalue weighted by atomic mass is 19.1.